The summed E-state index contributed by atoms with van der Waals surface area (Å²) in [6, 6.07) is 6.15. The molecule has 20 heavy (non-hydrogen) atoms. The quantitative estimate of drug-likeness (QED) is 0.899. The third kappa shape index (κ3) is 2.81. The van der Waals surface area contributed by atoms with Crippen molar-refractivity contribution in [3.8, 4) is 6.07 Å². The molecule has 2 unspecified atom stereocenters. The molecule has 1 fully saturated rings. The van der Waals surface area contributed by atoms with Gasteiger partial charge >= 0.3 is 0 Å². The average Bonchev–Trinajstić information content (AvgIpc) is 2.41. The molecular weight excluding hydrogens is 298 g/mol. The van der Waals surface area contributed by atoms with E-state index < -0.39 is 10.0 Å². The molecule has 0 spiro atoms. The number of sulfonamides is 1. The zero-order valence-corrected chi connectivity index (χ0v) is 12.9. The van der Waals surface area contributed by atoms with Crippen LogP contribution in [0.25, 0.3) is 0 Å². The van der Waals surface area contributed by atoms with Crippen molar-refractivity contribution in [2.45, 2.75) is 30.8 Å². The number of piperazine rings is 1. The number of hydrogen-bond acceptors (Lipinski definition) is 4. The fourth-order valence-electron chi connectivity index (χ4n) is 2.22. The molecule has 1 aromatic rings. The molecule has 0 amide bonds. The van der Waals surface area contributed by atoms with Gasteiger partial charge in [0.25, 0.3) is 0 Å². The summed E-state index contributed by atoms with van der Waals surface area (Å²) in [7, 11) is -3.70. The van der Waals surface area contributed by atoms with Crippen LogP contribution in [0.1, 0.15) is 19.4 Å². The van der Waals surface area contributed by atoms with Crippen LogP contribution in [0.2, 0.25) is 5.02 Å². The fraction of sp³-hybridized carbons (Fsp3) is 0.462. The summed E-state index contributed by atoms with van der Waals surface area (Å²) in [6.45, 7) is 4.76. The first-order valence-corrected chi connectivity index (χ1v) is 8.13. The molecule has 0 radical (unpaired) electrons. The number of hydrogen-bond donors (Lipinski definition) is 1. The zero-order valence-electron chi connectivity index (χ0n) is 11.3. The van der Waals surface area contributed by atoms with E-state index >= 15 is 0 Å². The molecule has 1 aliphatic rings. The van der Waals surface area contributed by atoms with Crippen molar-refractivity contribution in [1.29, 1.82) is 5.26 Å². The summed E-state index contributed by atoms with van der Waals surface area (Å²) in [5.41, 5.74) is 0.281. The minimum atomic E-state index is -3.70. The summed E-state index contributed by atoms with van der Waals surface area (Å²) in [4.78, 5) is -0.000772. The second kappa shape index (κ2) is 5.70. The Kier molecular flexibility index (Phi) is 4.35. The maximum atomic E-state index is 12.7. The molecule has 0 aromatic heterocycles. The maximum absolute atomic E-state index is 12.7. The van der Waals surface area contributed by atoms with Crippen LogP contribution in [-0.2, 0) is 10.0 Å². The second-order valence-corrected chi connectivity index (χ2v) is 7.26. The van der Waals surface area contributed by atoms with E-state index in [1.807, 2.05) is 19.9 Å². The van der Waals surface area contributed by atoms with Gasteiger partial charge in [-0.3, -0.25) is 0 Å². The lowest BCUT2D eigenvalue weighted by molar-refractivity contribution is 0.244. The average molecular weight is 314 g/mol. The van der Waals surface area contributed by atoms with Gasteiger partial charge in [0.2, 0.25) is 10.0 Å². The molecule has 7 heteroatoms. The highest BCUT2D eigenvalue weighted by atomic mass is 35.5. The van der Waals surface area contributed by atoms with E-state index in [4.69, 9.17) is 16.9 Å². The zero-order chi connectivity index (χ0) is 14.9. The van der Waals surface area contributed by atoms with Gasteiger partial charge in [0.15, 0.2) is 0 Å². The van der Waals surface area contributed by atoms with Crippen LogP contribution in [0.3, 0.4) is 0 Å². The number of halogens is 1. The van der Waals surface area contributed by atoms with E-state index in [2.05, 4.69) is 5.32 Å². The Hall–Kier alpha value is -1.13. The normalized spacial score (nSPS) is 24.3. The highest BCUT2D eigenvalue weighted by molar-refractivity contribution is 7.89. The van der Waals surface area contributed by atoms with Gasteiger partial charge in [0.1, 0.15) is 4.90 Å². The number of rotatable bonds is 2. The molecule has 1 N–H and O–H groups in total. The molecule has 108 valence electrons. The number of nitrogens with one attached hydrogen (secondary N) is 1. The molecule has 2 atom stereocenters. The number of benzene rings is 1. The van der Waals surface area contributed by atoms with E-state index in [9.17, 15) is 8.42 Å². The molecule has 1 aliphatic heterocycles. The van der Waals surface area contributed by atoms with Gasteiger partial charge in [-0.25, -0.2) is 8.42 Å². The Balaban J connectivity index is 2.47. The summed E-state index contributed by atoms with van der Waals surface area (Å²) in [6.07, 6.45) is 0. The van der Waals surface area contributed by atoms with Crippen molar-refractivity contribution >= 4 is 21.6 Å². The molecule has 1 aromatic carbocycles. The standard InChI is InChI=1S/C13H16ClN3O2S/c1-9-8-17(10(2)7-16-9)20(18,19)13-5-11(6-15)3-4-12(13)14/h3-5,9-10,16H,7-8H2,1-2H3. The van der Waals surface area contributed by atoms with Crippen molar-refractivity contribution in [1.82, 2.24) is 9.62 Å². The fourth-order valence-corrected chi connectivity index (χ4v) is 4.44. The van der Waals surface area contributed by atoms with Crippen molar-refractivity contribution in [2.24, 2.45) is 0 Å². The molecule has 1 heterocycles. The smallest absolute Gasteiger partial charge is 0.244 e. The highest BCUT2D eigenvalue weighted by Gasteiger charge is 2.34. The van der Waals surface area contributed by atoms with Crippen molar-refractivity contribution in [3.63, 3.8) is 0 Å². The van der Waals surface area contributed by atoms with E-state index in [-0.39, 0.29) is 27.6 Å². The Bertz CT molecular complexity index is 654. The number of nitriles is 1. The van der Waals surface area contributed by atoms with Gasteiger partial charge in [-0.1, -0.05) is 11.6 Å². The third-order valence-electron chi connectivity index (χ3n) is 3.35. The van der Waals surface area contributed by atoms with E-state index in [1.54, 1.807) is 0 Å². The van der Waals surface area contributed by atoms with E-state index in [0.29, 0.717) is 13.1 Å². The van der Waals surface area contributed by atoms with Crippen molar-refractivity contribution in [2.75, 3.05) is 13.1 Å². The molecule has 1 saturated heterocycles. The molecular formula is C13H16ClN3O2S. The highest BCUT2D eigenvalue weighted by Crippen LogP contribution is 2.27. The van der Waals surface area contributed by atoms with Gasteiger partial charge in [0.05, 0.1) is 16.7 Å². The van der Waals surface area contributed by atoms with Crippen LogP contribution in [0.4, 0.5) is 0 Å². The number of nitrogens with zero attached hydrogens (tertiary/aromatic N) is 2. The van der Waals surface area contributed by atoms with Crippen LogP contribution in [0, 0.1) is 11.3 Å². The maximum Gasteiger partial charge on any atom is 0.244 e. The van der Waals surface area contributed by atoms with Crippen molar-refractivity contribution < 1.29 is 8.42 Å². The third-order valence-corrected chi connectivity index (χ3v) is 5.82. The van der Waals surface area contributed by atoms with E-state index in [0.717, 1.165) is 0 Å². The van der Waals surface area contributed by atoms with Gasteiger partial charge in [-0.05, 0) is 32.0 Å². The lowest BCUT2D eigenvalue weighted by atomic mass is 10.2. The summed E-state index contributed by atoms with van der Waals surface area (Å²) >= 11 is 6.01. The van der Waals surface area contributed by atoms with Gasteiger partial charge in [0, 0.05) is 25.2 Å². The predicted molar refractivity (Wildman–Crippen MR) is 77.0 cm³/mol. The lowest BCUT2D eigenvalue weighted by Crippen LogP contribution is -2.56. The first-order valence-electron chi connectivity index (χ1n) is 6.31. The Labute approximate surface area is 124 Å². The van der Waals surface area contributed by atoms with Crippen LogP contribution in [-0.4, -0.2) is 37.9 Å². The van der Waals surface area contributed by atoms with Crippen LogP contribution in [0.15, 0.2) is 23.1 Å². The summed E-state index contributed by atoms with van der Waals surface area (Å²) in [5, 5.41) is 12.3. The van der Waals surface area contributed by atoms with Crippen molar-refractivity contribution in [3.05, 3.63) is 28.8 Å². The topological polar surface area (TPSA) is 73.2 Å². The monoisotopic (exact) mass is 313 g/mol. The SMILES string of the molecule is CC1CN(S(=O)(=O)c2cc(C#N)ccc2Cl)C(C)CN1. The molecule has 5 nitrogen and oxygen atoms in total. The van der Waals surface area contributed by atoms with Gasteiger partial charge in [-0.15, -0.1) is 0 Å². The molecule has 0 bridgehead atoms. The predicted octanol–water partition coefficient (Wildman–Crippen LogP) is 1.58. The van der Waals surface area contributed by atoms with Gasteiger partial charge < -0.3 is 5.32 Å². The first-order chi connectivity index (χ1) is 9.36. The Morgan fingerprint density at radius 3 is 2.80 bits per heavy atom. The van der Waals surface area contributed by atoms with Crippen LogP contribution < -0.4 is 5.32 Å². The summed E-state index contributed by atoms with van der Waals surface area (Å²) < 4.78 is 26.9. The van der Waals surface area contributed by atoms with E-state index in [1.165, 1.54) is 22.5 Å². The summed E-state index contributed by atoms with van der Waals surface area (Å²) in [5.74, 6) is 0. The largest absolute Gasteiger partial charge is 0.311 e. The minimum Gasteiger partial charge on any atom is -0.311 e. The second-order valence-electron chi connectivity index (χ2n) is 4.99. The Morgan fingerprint density at radius 2 is 2.15 bits per heavy atom. The molecule has 2 rings (SSSR count). The van der Waals surface area contributed by atoms with Gasteiger partial charge in [-0.2, -0.15) is 9.57 Å². The minimum absolute atomic E-state index is 0.000772. The Morgan fingerprint density at radius 1 is 1.45 bits per heavy atom. The molecule has 0 aliphatic carbocycles. The van der Waals surface area contributed by atoms with Crippen LogP contribution >= 0.6 is 11.6 Å². The first kappa shape index (κ1) is 15.3. The lowest BCUT2D eigenvalue weighted by Gasteiger charge is -2.36. The molecule has 0 saturated carbocycles. The van der Waals surface area contributed by atoms with Crippen LogP contribution in [0.5, 0.6) is 0 Å².